The Labute approximate surface area is 111 Å². The maximum Gasteiger partial charge on any atom is 0.311 e. The molecule has 0 radical (unpaired) electrons. The van der Waals surface area contributed by atoms with Gasteiger partial charge < -0.3 is 4.90 Å². The fourth-order valence-electron chi connectivity index (χ4n) is 2.36. The van der Waals surface area contributed by atoms with E-state index in [0.717, 1.165) is 19.4 Å². The predicted octanol–water partition coefficient (Wildman–Crippen LogP) is 3.27. The number of piperidine rings is 1. The maximum atomic E-state index is 11.1. The molecule has 2 heterocycles. The van der Waals surface area contributed by atoms with Gasteiger partial charge in [0.15, 0.2) is 0 Å². The predicted molar refractivity (Wildman–Crippen MR) is 71.1 cm³/mol. The van der Waals surface area contributed by atoms with Crippen molar-refractivity contribution < 1.29 is 4.92 Å². The van der Waals surface area contributed by atoms with Crippen LogP contribution in [-0.4, -0.2) is 22.5 Å². The summed E-state index contributed by atoms with van der Waals surface area (Å²) in [5.74, 6) is 0.910. The number of halogens is 1. The van der Waals surface area contributed by atoms with Crippen LogP contribution in [0.4, 0.5) is 11.5 Å². The van der Waals surface area contributed by atoms with E-state index in [0.29, 0.717) is 16.9 Å². The number of anilines is 1. The van der Waals surface area contributed by atoms with E-state index < -0.39 is 4.92 Å². The van der Waals surface area contributed by atoms with Crippen LogP contribution in [-0.2, 0) is 0 Å². The van der Waals surface area contributed by atoms with Gasteiger partial charge in [0.2, 0.25) is 5.82 Å². The highest BCUT2D eigenvalue weighted by atomic mass is 35.5. The molecule has 1 aliphatic heterocycles. The van der Waals surface area contributed by atoms with Crippen LogP contribution in [0, 0.1) is 16.0 Å². The Balaban J connectivity index is 2.41. The van der Waals surface area contributed by atoms with Gasteiger partial charge in [0.1, 0.15) is 5.15 Å². The third-order valence-corrected chi connectivity index (χ3v) is 3.62. The van der Waals surface area contributed by atoms with Crippen LogP contribution in [0.3, 0.4) is 0 Å². The van der Waals surface area contributed by atoms with Crippen LogP contribution >= 0.6 is 11.6 Å². The number of nitrogens with zero attached hydrogens (tertiary/aromatic N) is 3. The Morgan fingerprint density at radius 2 is 2.17 bits per heavy atom. The SMILES string of the molecule is CC1CCC(C)N(c2nc(Cl)ccc2[N+](=O)[O-])C1. The van der Waals surface area contributed by atoms with Gasteiger partial charge in [-0.25, -0.2) is 4.98 Å². The molecule has 5 nitrogen and oxygen atoms in total. The van der Waals surface area contributed by atoms with Gasteiger partial charge in [-0.15, -0.1) is 0 Å². The summed E-state index contributed by atoms with van der Waals surface area (Å²) < 4.78 is 0. The van der Waals surface area contributed by atoms with Gasteiger partial charge in [-0.3, -0.25) is 10.1 Å². The third-order valence-electron chi connectivity index (χ3n) is 3.41. The van der Waals surface area contributed by atoms with Crippen molar-refractivity contribution in [3.05, 3.63) is 27.4 Å². The number of hydrogen-bond donors (Lipinski definition) is 0. The van der Waals surface area contributed by atoms with E-state index in [1.54, 1.807) is 0 Å². The second kappa shape index (κ2) is 5.10. The van der Waals surface area contributed by atoms with Crippen molar-refractivity contribution in [2.45, 2.75) is 32.7 Å². The molecule has 0 bridgehead atoms. The van der Waals surface area contributed by atoms with Gasteiger partial charge in [0.25, 0.3) is 0 Å². The normalized spacial score (nSPS) is 24.1. The number of aromatic nitrogens is 1. The molecule has 0 amide bonds. The van der Waals surface area contributed by atoms with E-state index in [-0.39, 0.29) is 11.7 Å². The molecule has 1 aromatic heterocycles. The lowest BCUT2D eigenvalue weighted by Gasteiger charge is -2.37. The van der Waals surface area contributed by atoms with Crippen molar-refractivity contribution in [2.75, 3.05) is 11.4 Å². The van der Waals surface area contributed by atoms with Gasteiger partial charge in [-0.1, -0.05) is 18.5 Å². The van der Waals surface area contributed by atoms with Crippen LogP contribution < -0.4 is 4.90 Å². The summed E-state index contributed by atoms with van der Waals surface area (Å²) in [5, 5.41) is 11.4. The van der Waals surface area contributed by atoms with Crippen molar-refractivity contribution in [1.82, 2.24) is 4.98 Å². The minimum absolute atomic E-state index is 0.0281. The summed E-state index contributed by atoms with van der Waals surface area (Å²) in [7, 11) is 0. The Kier molecular flexibility index (Phi) is 3.71. The second-order valence-electron chi connectivity index (χ2n) is 4.92. The third kappa shape index (κ3) is 2.56. The van der Waals surface area contributed by atoms with E-state index in [1.165, 1.54) is 12.1 Å². The van der Waals surface area contributed by atoms with Gasteiger partial charge in [0.05, 0.1) is 4.92 Å². The zero-order valence-electron chi connectivity index (χ0n) is 10.5. The number of pyridine rings is 1. The summed E-state index contributed by atoms with van der Waals surface area (Å²) in [6, 6.07) is 3.14. The Morgan fingerprint density at radius 1 is 1.44 bits per heavy atom. The van der Waals surface area contributed by atoms with E-state index in [4.69, 9.17) is 11.6 Å². The minimum atomic E-state index is -0.398. The summed E-state index contributed by atoms with van der Waals surface area (Å²) in [4.78, 5) is 16.8. The van der Waals surface area contributed by atoms with Crippen LogP contribution in [0.1, 0.15) is 26.7 Å². The molecular formula is C12H16ClN3O2. The maximum absolute atomic E-state index is 11.1. The Bertz CT molecular complexity index is 467. The van der Waals surface area contributed by atoms with E-state index in [9.17, 15) is 10.1 Å². The second-order valence-corrected chi connectivity index (χ2v) is 5.30. The average molecular weight is 270 g/mol. The first-order valence-corrected chi connectivity index (χ1v) is 6.44. The molecule has 0 saturated carbocycles. The van der Waals surface area contributed by atoms with Crippen molar-refractivity contribution in [1.29, 1.82) is 0 Å². The highest BCUT2D eigenvalue weighted by molar-refractivity contribution is 6.29. The van der Waals surface area contributed by atoms with E-state index >= 15 is 0 Å². The number of nitro groups is 1. The largest absolute Gasteiger partial charge is 0.348 e. The topological polar surface area (TPSA) is 59.3 Å². The molecule has 0 aliphatic carbocycles. The first-order valence-electron chi connectivity index (χ1n) is 6.06. The molecule has 0 spiro atoms. The first-order chi connectivity index (χ1) is 8.49. The lowest BCUT2D eigenvalue weighted by Crippen LogP contribution is -2.41. The minimum Gasteiger partial charge on any atom is -0.348 e. The van der Waals surface area contributed by atoms with E-state index in [2.05, 4.69) is 18.8 Å². The lowest BCUT2D eigenvalue weighted by atomic mass is 9.95. The highest BCUT2D eigenvalue weighted by Gasteiger charge is 2.29. The molecule has 0 aromatic carbocycles. The molecule has 98 valence electrons. The Morgan fingerprint density at radius 3 is 2.83 bits per heavy atom. The van der Waals surface area contributed by atoms with Gasteiger partial charge in [-0.05, 0) is 31.7 Å². The quantitative estimate of drug-likeness (QED) is 0.470. The highest BCUT2D eigenvalue weighted by Crippen LogP contribution is 2.33. The molecule has 1 aliphatic rings. The molecule has 2 atom stereocenters. The molecule has 18 heavy (non-hydrogen) atoms. The van der Waals surface area contributed by atoms with Crippen molar-refractivity contribution in [3.63, 3.8) is 0 Å². The summed E-state index contributed by atoms with van der Waals surface area (Å²) in [5.41, 5.74) is 0.0281. The van der Waals surface area contributed by atoms with Crippen molar-refractivity contribution in [2.24, 2.45) is 5.92 Å². The van der Waals surface area contributed by atoms with Crippen LogP contribution in [0.5, 0.6) is 0 Å². The van der Waals surface area contributed by atoms with Crippen LogP contribution in [0.15, 0.2) is 12.1 Å². The fraction of sp³-hybridized carbons (Fsp3) is 0.583. The zero-order chi connectivity index (χ0) is 13.3. The molecular weight excluding hydrogens is 254 g/mol. The van der Waals surface area contributed by atoms with Gasteiger partial charge in [0, 0.05) is 18.7 Å². The molecule has 1 fully saturated rings. The average Bonchev–Trinajstić information content (AvgIpc) is 2.31. The number of hydrogen-bond acceptors (Lipinski definition) is 4. The number of rotatable bonds is 2. The van der Waals surface area contributed by atoms with Crippen LogP contribution in [0.25, 0.3) is 0 Å². The molecule has 1 aromatic rings. The lowest BCUT2D eigenvalue weighted by molar-refractivity contribution is -0.384. The smallest absolute Gasteiger partial charge is 0.311 e. The molecule has 0 N–H and O–H groups in total. The Hall–Kier alpha value is -1.36. The van der Waals surface area contributed by atoms with E-state index in [1.807, 2.05) is 4.90 Å². The molecule has 1 saturated heterocycles. The standard InChI is InChI=1S/C12H16ClN3O2/c1-8-3-4-9(2)15(7-8)12-10(16(17)18)5-6-11(13)14-12/h5-6,8-9H,3-4,7H2,1-2H3. The zero-order valence-corrected chi connectivity index (χ0v) is 11.2. The first kappa shape index (κ1) is 13.1. The fourth-order valence-corrected chi connectivity index (χ4v) is 2.50. The molecule has 6 heteroatoms. The van der Waals surface area contributed by atoms with Crippen LogP contribution in [0.2, 0.25) is 5.15 Å². The summed E-state index contributed by atoms with van der Waals surface area (Å²) in [6.45, 7) is 5.00. The van der Waals surface area contributed by atoms with Crippen molar-refractivity contribution in [3.8, 4) is 0 Å². The monoisotopic (exact) mass is 269 g/mol. The van der Waals surface area contributed by atoms with Crippen molar-refractivity contribution >= 4 is 23.1 Å². The molecule has 2 rings (SSSR count). The molecule has 2 unspecified atom stereocenters. The van der Waals surface area contributed by atoms with Gasteiger partial charge >= 0.3 is 5.69 Å². The van der Waals surface area contributed by atoms with Gasteiger partial charge in [-0.2, -0.15) is 0 Å². The summed E-state index contributed by atoms with van der Waals surface area (Å²) >= 11 is 5.86. The summed E-state index contributed by atoms with van der Waals surface area (Å²) in [6.07, 6.45) is 2.17.